The fourth-order valence-electron chi connectivity index (χ4n) is 4.62. The number of hydrogen-bond acceptors (Lipinski definition) is 4. The standard InChI is InChI=1S/C25H28F3NO3/c1-15-11-18-14-22(31-4)24(17-5-6-21(30-3)20(13-17)25(26,27)28)32-23(18)19(12-15)16-7-9-29(2)10-8-16/h5-6,11-13,16H,7-10,14H2,1-4H3. The van der Waals surface area contributed by atoms with Crippen LogP contribution >= 0.6 is 0 Å². The summed E-state index contributed by atoms with van der Waals surface area (Å²) in [5, 5.41) is 0. The fourth-order valence-corrected chi connectivity index (χ4v) is 4.62. The maximum atomic E-state index is 13.6. The third-order valence-corrected chi connectivity index (χ3v) is 6.32. The highest BCUT2D eigenvalue weighted by Gasteiger charge is 2.36. The van der Waals surface area contributed by atoms with Gasteiger partial charge in [-0.2, -0.15) is 13.2 Å². The lowest BCUT2D eigenvalue weighted by atomic mass is 9.85. The lowest BCUT2D eigenvalue weighted by molar-refractivity contribution is -0.138. The molecule has 0 N–H and O–H groups in total. The molecule has 4 rings (SSSR count). The van der Waals surface area contributed by atoms with Crippen LogP contribution in [0.2, 0.25) is 0 Å². The Hall–Kier alpha value is -2.67. The van der Waals surface area contributed by atoms with Gasteiger partial charge in [-0.3, -0.25) is 0 Å². The van der Waals surface area contributed by atoms with E-state index in [1.54, 1.807) is 6.07 Å². The van der Waals surface area contributed by atoms with E-state index in [2.05, 4.69) is 31.0 Å². The largest absolute Gasteiger partial charge is 0.497 e. The summed E-state index contributed by atoms with van der Waals surface area (Å²) < 4.78 is 57.7. The van der Waals surface area contributed by atoms with E-state index in [9.17, 15) is 13.2 Å². The van der Waals surface area contributed by atoms with Crippen molar-refractivity contribution in [3.63, 3.8) is 0 Å². The zero-order chi connectivity index (χ0) is 23.0. The summed E-state index contributed by atoms with van der Waals surface area (Å²) in [6.07, 6.45) is -2.03. The van der Waals surface area contributed by atoms with Gasteiger partial charge in [0.05, 0.1) is 19.8 Å². The molecular formula is C25H28F3NO3. The molecule has 0 spiro atoms. The molecule has 2 aromatic carbocycles. The molecule has 0 radical (unpaired) electrons. The van der Waals surface area contributed by atoms with E-state index in [1.807, 2.05) is 0 Å². The first-order valence-corrected chi connectivity index (χ1v) is 10.7. The molecule has 2 aliphatic rings. The Kier molecular flexibility index (Phi) is 6.12. The number of piperidine rings is 1. The summed E-state index contributed by atoms with van der Waals surface area (Å²) in [6, 6.07) is 8.20. The smallest absolute Gasteiger partial charge is 0.419 e. The first-order chi connectivity index (χ1) is 15.2. The zero-order valence-corrected chi connectivity index (χ0v) is 18.8. The number of allylic oxidation sites excluding steroid dienone is 1. The van der Waals surface area contributed by atoms with Gasteiger partial charge in [0.2, 0.25) is 0 Å². The molecule has 0 unspecified atom stereocenters. The molecule has 0 atom stereocenters. The van der Waals surface area contributed by atoms with Gasteiger partial charge in [-0.05, 0) is 69.6 Å². The van der Waals surface area contributed by atoms with E-state index in [4.69, 9.17) is 14.2 Å². The van der Waals surface area contributed by atoms with Crippen molar-refractivity contribution in [1.29, 1.82) is 0 Å². The van der Waals surface area contributed by atoms with Crippen LogP contribution in [0.5, 0.6) is 11.5 Å². The van der Waals surface area contributed by atoms with Gasteiger partial charge in [-0.25, -0.2) is 0 Å². The van der Waals surface area contributed by atoms with Gasteiger partial charge in [0.15, 0.2) is 5.76 Å². The van der Waals surface area contributed by atoms with Crippen LogP contribution in [0.3, 0.4) is 0 Å². The predicted molar refractivity (Wildman–Crippen MR) is 117 cm³/mol. The van der Waals surface area contributed by atoms with Gasteiger partial charge < -0.3 is 19.1 Å². The molecule has 0 saturated carbocycles. The fraction of sp³-hybridized carbons (Fsp3) is 0.440. The number of halogens is 3. The van der Waals surface area contributed by atoms with Crippen molar-refractivity contribution in [3.05, 3.63) is 63.9 Å². The number of rotatable bonds is 4. The van der Waals surface area contributed by atoms with E-state index in [0.717, 1.165) is 54.4 Å². The van der Waals surface area contributed by atoms with Crippen LogP contribution in [0.15, 0.2) is 36.1 Å². The van der Waals surface area contributed by atoms with Crippen molar-refractivity contribution < 1.29 is 27.4 Å². The van der Waals surface area contributed by atoms with Crippen molar-refractivity contribution in [3.8, 4) is 11.5 Å². The van der Waals surface area contributed by atoms with Gasteiger partial charge in [-0.15, -0.1) is 0 Å². The minimum atomic E-state index is -4.54. The van der Waals surface area contributed by atoms with Crippen LogP contribution in [-0.4, -0.2) is 39.3 Å². The summed E-state index contributed by atoms with van der Waals surface area (Å²) in [7, 11) is 4.87. The van der Waals surface area contributed by atoms with Crippen molar-refractivity contribution >= 4 is 5.76 Å². The third-order valence-electron chi connectivity index (χ3n) is 6.32. The molecule has 172 valence electrons. The maximum absolute atomic E-state index is 13.6. The summed E-state index contributed by atoms with van der Waals surface area (Å²) in [5.74, 6) is 1.72. The highest BCUT2D eigenvalue weighted by Crippen LogP contribution is 2.45. The Morgan fingerprint density at radius 1 is 1.03 bits per heavy atom. The SMILES string of the molecule is COC1=C(c2ccc(OC)c(C(F)(F)F)c2)Oc2c(cc(C)cc2C2CCN(C)CC2)C1. The molecule has 2 aromatic rings. The Balaban J connectivity index is 1.77. The van der Waals surface area contributed by atoms with E-state index in [1.165, 1.54) is 20.3 Å². The monoisotopic (exact) mass is 447 g/mol. The van der Waals surface area contributed by atoms with Crippen molar-refractivity contribution in [1.82, 2.24) is 4.90 Å². The second kappa shape index (κ2) is 8.70. The highest BCUT2D eigenvalue weighted by molar-refractivity contribution is 5.70. The topological polar surface area (TPSA) is 30.9 Å². The van der Waals surface area contributed by atoms with Crippen molar-refractivity contribution in [2.45, 2.75) is 38.3 Å². The minimum Gasteiger partial charge on any atom is -0.497 e. The molecular weight excluding hydrogens is 419 g/mol. The lowest BCUT2D eigenvalue weighted by Gasteiger charge is -2.32. The van der Waals surface area contributed by atoms with Crippen LogP contribution in [0.25, 0.3) is 5.76 Å². The number of alkyl halides is 3. The van der Waals surface area contributed by atoms with Crippen LogP contribution < -0.4 is 9.47 Å². The van der Waals surface area contributed by atoms with Gasteiger partial charge in [-0.1, -0.05) is 17.7 Å². The van der Waals surface area contributed by atoms with E-state index in [0.29, 0.717) is 29.4 Å². The van der Waals surface area contributed by atoms with Crippen molar-refractivity contribution in [2.24, 2.45) is 0 Å². The molecule has 7 heteroatoms. The Bertz CT molecular complexity index is 1040. The van der Waals surface area contributed by atoms with Crippen LogP contribution in [-0.2, 0) is 17.3 Å². The van der Waals surface area contributed by atoms with Crippen LogP contribution in [0.1, 0.15) is 46.6 Å². The zero-order valence-electron chi connectivity index (χ0n) is 18.8. The highest BCUT2D eigenvalue weighted by atomic mass is 19.4. The minimum absolute atomic E-state index is 0.223. The van der Waals surface area contributed by atoms with Gasteiger partial charge in [0, 0.05) is 17.5 Å². The molecule has 1 fully saturated rings. The predicted octanol–water partition coefficient (Wildman–Crippen LogP) is 5.78. The maximum Gasteiger partial charge on any atom is 0.419 e. The molecule has 0 amide bonds. The van der Waals surface area contributed by atoms with Gasteiger partial charge >= 0.3 is 6.18 Å². The number of aryl methyl sites for hydroxylation is 1. The molecule has 2 heterocycles. The number of likely N-dealkylation sites (tertiary alicyclic amines) is 1. The normalized spacial score (nSPS) is 17.7. The average molecular weight is 447 g/mol. The molecule has 2 aliphatic heterocycles. The molecule has 1 saturated heterocycles. The number of nitrogens with zero attached hydrogens (tertiary/aromatic N) is 1. The van der Waals surface area contributed by atoms with Crippen LogP contribution in [0, 0.1) is 6.92 Å². The van der Waals surface area contributed by atoms with E-state index >= 15 is 0 Å². The molecule has 0 bridgehead atoms. The number of hydrogen-bond donors (Lipinski definition) is 0. The second-order valence-electron chi connectivity index (χ2n) is 8.57. The number of benzene rings is 2. The summed E-state index contributed by atoms with van der Waals surface area (Å²) in [6.45, 7) is 4.07. The molecule has 0 aliphatic carbocycles. The quantitative estimate of drug-likeness (QED) is 0.594. The summed E-state index contributed by atoms with van der Waals surface area (Å²) in [4.78, 5) is 2.31. The van der Waals surface area contributed by atoms with Crippen LogP contribution in [0.4, 0.5) is 13.2 Å². The Labute approximate surface area is 186 Å². The summed E-state index contributed by atoms with van der Waals surface area (Å²) in [5.41, 5.74) is 2.75. The molecule has 4 nitrogen and oxygen atoms in total. The summed E-state index contributed by atoms with van der Waals surface area (Å²) >= 11 is 0. The number of methoxy groups -OCH3 is 2. The van der Waals surface area contributed by atoms with Gasteiger partial charge in [0.1, 0.15) is 17.3 Å². The second-order valence-corrected chi connectivity index (χ2v) is 8.57. The Morgan fingerprint density at radius 2 is 1.75 bits per heavy atom. The third kappa shape index (κ3) is 4.31. The van der Waals surface area contributed by atoms with Crippen molar-refractivity contribution in [2.75, 3.05) is 34.4 Å². The van der Waals surface area contributed by atoms with E-state index in [-0.39, 0.29) is 5.75 Å². The first kappa shape index (κ1) is 22.5. The first-order valence-electron chi connectivity index (χ1n) is 10.7. The Morgan fingerprint density at radius 3 is 2.38 bits per heavy atom. The van der Waals surface area contributed by atoms with E-state index < -0.39 is 11.7 Å². The molecule has 0 aromatic heterocycles. The molecule has 32 heavy (non-hydrogen) atoms. The van der Waals surface area contributed by atoms with Gasteiger partial charge in [0.25, 0.3) is 0 Å². The number of ether oxygens (including phenoxy) is 3. The number of fused-ring (bicyclic) bond motifs is 1. The lowest BCUT2D eigenvalue weighted by Crippen LogP contribution is -2.29. The average Bonchev–Trinajstić information content (AvgIpc) is 2.77.